The lowest BCUT2D eigenvalue weighted by Crippen LogP contribution is -2.19. The highest BCUT2D eigenvalue weighted by atomic mass is 35.5. The molecular weight excluding hydrogens is 406 g/mol. The summed E-state index contributed by atoms with van der Waals surface area (Å²) in [6.07, 6.45) is 0. The number of para-hydroxylation sites is 2. The predicted octanol–water partition coefficient (Wildman–Crippen LogP) is 4.90. The highest BCUT2D eigenvalue weighted by Crippen LogP contribution is 2.29. The summed E-state index contributed by atoms with van der Waals surface area (Å²) in [6.45, 7) is 2.28. The molecule has 0 saturated heterocycles. The zero-order chi connectivity index (χ0) is 20.9. The number of benzene rings is 3. The molecule has 0 aliphatic rings. The Morgan fingerprint density at radius 1 is 1.00 bits per heavy atom. The van der Waals surface area contributed by atoms with Crippen molar-refractivity contribution in [2.75, 3.05) is 18.5 Å². The molecule has 3 aromatic carbocycles. The fourth-order valence-corrected chi connectivity index (χ4v) is 3.76. The second kappa shape index (κ2) is 9.04. The summed E-state index contributed by atoms with van der Waals surface area (Å²) in [4.78, 5) is 1.94. The third kappa shape index (κ3) is 5.54. The summed E-state index contributed by atoms with van der Waals surface area (Å²) in [5, 5.41) is 0.630. The first-order valence-corrected chi connectivity index (χ1v) is 10.7. The van der Waals surface area contributed by atoms with Gasteiger partial charge in [-0.25, -0.2) is 0 Å². The summed E-state index contributed by atoms with van der Waals surface area (Å²) < 4.78 is 30.7. The Morgan fingerprint density at radius 3 is 2.45 bits per heavy atom. The standard InChI is InChI=1S/C23H20ClNO3S/c1-18-12-14-21(15-13-18)29(26,27)28-23-11-4-3-10-22(23)25(2)16-6-8-19-7-5-9-20(24)17-19/h3-5,7,9-15,17H,16H2,1-2H3. The highest BCUT2D eigenvalue weighted by Gasteiger charge is 2.19. The molecule has 0 N–H and O–H groups in total. The minimum absolute atomic E-state index is 0.112. The Morgan fingerprint density at radius 2 is 1.72 bits per heavy atom. The van der Waals surface area contributed by atoms with Gasteiger partial charge >= 0.3 is 10.1 Å². The van der Waals surface area contributed by atoms with Gasteiger partial charge in [0.1, 0.15) is 4.90 Å². The molecule has 4 nitrogen and oxygen atoms in total. The van der Waals surface area contributed by atoms with Crippen LogP contribution in [-0.4, -0.2) is 22.0 Å². The van der Waals surface area contributed by atoms with Crippen LogP contribution >= 0.6 is 11.6 Å². The largest absolute Gasteiger partial charge is 0.377 e. The second-order valence-electron chi connectivity index (χ2n) is 6.49. The van der Waals surface area contributed by atoms with E-state index in [1.165, 1.54) is 12.1 Å². The van der Waals surface area contributed by atoms with Gasteiger partial charge in [-0.15, -0.1) is 0 Å². The van der Waals surface area contributed by atoms with Crippen LogP contribution < -0.4 is 9.08 Å². The molecule has 0 fully saturated rings. The first kappa shape index (κ1) is 20.8. The van der Waals surface area contributed by atoms with Crippen molar-refractivity contribution in [1.29, 1.82) is 0 Å². The van der Waals surface area contributed by atoms with Gasteiger partial charge in [0.05, 0.1) is 12.2 Å². The van der Waals surface area contributed by atoms with Gasteiger partial charge in [0.2, 0.25) is 0 Å². The van der Waals surface area contributed by atoms with Gasteiger partial charge in [-0.05, 0) is 49.4 Å². The van der Waals surface area contributed by atoms with Crippen molar-refractivity contribution in [3.8, 4) is 17.6 Å². The van der Waals surface area contributed by atoms with Gasteiger partial charge in [-0.1, -0.05) is 59.3 Å². The molecule has 0 amide bonds. The molecule has 0 aliphatic carbocycles. The van der Waals surface area contributed by atoms with E-state index in [0.717, 1.165) is 11.1 Å². The Labute approximate surface area is 176 Å². The molecule has 3 aromatic rings. The molecule has 0 unspecified atom stereocenters. The van der Waals surface area contributed by atoms with Crippen molar-refractivity contribution in [1.82, 2.24) is 0 Å². The van der Waals surface area contributed by atoms with E-state index < -0.39 is 10.1 Å². The van der Waals surface area contributed by atoms with E-state index in [2.05, 4.69) is 11.8 Å². The first-order chi connectivity index (χ1) is 13.8. The molecule has 0 aliphatic heterocycles. The smallest absolute Gasteiger partial charge is 0.339 e. The van der Waals surface area contributed by atoms with Crippen molar-refractivity contribution in [2.45, 2.75) is 11.8 Å². The van der Waals surface area contributed by atoms with E-state index >= 15 is 0 Å². The lowest BCUT2D eigenvalue weighted by molar-refractivity contribution is 0.486. The van der Waals surface area contributed by atoms with Crippen LogP contribution in [0.25, 0.3) is 0 Å². The zero-order valence-electron chi connectivity index (χ0n) is 16.1. The molecule has 6 heteroatoms. The van der Waals surface area contributed by atoms with Crippen LogP contribution in [0.3, 0.4) is 0 Å². The molecule has 0 bridgehead atoms. The van der Waals surface area contributed by atoms with Crippen molar-refractivity contribution in [3.05, 3.63) is 88.9 Å². The highest BCUT2D eigenvalue weighted by molar-refractivity contribution is 7.87. The molecular formula is C23H20ClNO3S. The molecule has 0 radical (unpaired) electrons. The Hall–Kier alpha value is -2.94. The molecule has 0 heterocycles. The van der Waals surface area contributed by atoms with Crippen molar-refractivity contribution in [2.24, 2.45) is 0 Å². The SMILES string of the molecule is Cc1ccc(S(=O)(=O)Oc2ccccc2N(C)CC#Cc2cccc(Cl)c2)cc1. The Balaban J connectivity index is 1.79. The Kier molecular flexibility index (Phi) is 6.48. The van der Waals surface area contributed by atoms with Gasteiger partial charge in [-0.3, -0.25) is 0 Å². The van der Waals surface area contributed by atoms with E-state index in [0.29, 0.717) is 17.3 Å². The zero-order valence-corrected chi connectivity index (χ0v) is 17.7. The maximum Gasteiger partial charge on any atom is 0.339 e. The lowest BCUT2D eigenvalue weighted by atomic mass is 10.2. The molecule has 0 aromatic heterocycles. The van der Waals surface area contributed by atoms with E-state index in [1.54, 1.807) is 42.5 Å². The maximum atomic E-state index is 12.6. The van der Waals surface area contributed by atoms with Gasteiger partial charge in [0.15, 0.2) is 5.75 Å². The van der Waals surface area contributed by atoms with Crippen LogP contribution in [0.5, 0.6) is 5.75 Å². The summed E-state index contributed by atoms with van der Waals surface area (Å²) >= 11 is 5.97. The molecule has 29 heavy (non-hydrogen) atoms. The average molecular weight is 426 g/mol. The topological polar surface area (TPSA) is 46.6 Å². The number of halogens is 1. The molecule has 3 rings (SSSR count). The van der Waals surface area contributed by atoms with E-state index in [1.807, 2.05) is 37.1 Å². The van der Waals surface area contributed by atoms with E-state index in [4.69, 9.17) is 15.8 Å². The van der Waals surface area contributed by atoms with E-state index in [9.17, 15) is 8.42 Å². The fourth-order valence-electron chi connectivity index (χ4n) is 2.63. The van der Waals surface area contributed by atoms with Crippen LogP contribution in [0.1, 0.15) is 11.1 Å². The van der Waals surface area contributed by atoms with Crippen LogP contribution in [0.15, 0.2) is 77.7 Å². The number of aryl methyl sites for hydroxylation is 1. The quantitative estimate of drug-likeness (QED) is 0.430. The molecule has 0 atom stereocenters. The number of hydrogen-bond acceptors (Lipinski definition) is 4. The number of hydrogen-bond donors (Lipinski definition) is 0. The molecule has 0 spiro atoms. The molecule has 0 saturated carbocycles. The summed E-state index contributed by atoms with van der Waals surface area (Å²) in [5.74, 6) is 6.37. The van der Waals surface area contributed by atoms with Crippen LogP contribution in [0.4, 0.5) is 5.69 Å². The molecule has 148 valence electrons. The van der Waals surface area contributed by atoms with Gasteiger partial charge < -0.3 is 9.08 Å². The van der Waals surface area contributed by atoms with Crippen LogP contribution in [0.2, 0.25) is 5.02 Å². The monoisotopic (exact) mass is 425 g/mol. The summed E-state index contributed by atoms with van der Waals surface area (Å²) in [6, 6.07) is 20.8. The normalized spacial score (nSPS) is 10.7. The van der Waals surface area contributed by atoms with Crippen LogP contribution in [0, 0.1) is 18.8 Å². The van der Waals surface area contributed by atoms with Gasteiger partial charge in [0.25, 0.3) is 0 Å². The number of nitrogens with zero attached hydrogens (tertiary/aromatic N) is 1. The van der Waals surface area contributed by atoms with Crippen molar-refractivity contribution < 1.29 is 12.6 Å². The minimum Gasteiger partial charge on any atom is -0.377 e. The van der Waals surface area contributed by atoms with Crippen molar-refractivity contribution in [3.63, 3.8) is 0 Å². The predicted molar refractivity (Wildman–Crippen MR) is 117 cm³/mol. The maximum absolute atomic E-state index is 12.6. The van der Waals surface area contributed by atoms with Gasteiger partial charge in [0, 0.05) is 17.6 Å². The first-order valence-electron chi connectivity index (χ1n) is 8.91. The average Bonchev–Trinajstić information content (AvgIpc) is 2.68. The summed E-state index contributed by atoms with van der Waals surface area (Å²) in [5.41, 5.74) is 2.42. The number of rotatable bonds is 5. The fraction of sp³-hybridized carbons (Fsp3) is 0.130. The van der Waals surface area contributed by atoms with Crippen LogP contribution in [-0.2, 0) is 10.1 Å². The second-order valence-corrected chi connectivity index (χ2v) is 8.47. The summed E-state index contributed by atoms with van der Waals surface area (Å²) in [7, 11) is -2.10. The minimum atomic E-state index is -3.93. The van der Waals surface area contributed by atoms with E-state index in [-0.39, 0.29) is 10.6 Å². The van der Waals surface area contributed by atoms with Gasteiger partial charge in [-0.2, -0.15) is 8.42 Å². The lowest BCUT2D eigenvalue weighted by Gasteiger charge is -2.19. The third-order valence-corrected chi connectivity index (χ3v) is 5.64. The number of anilines is 1. The third-order valence-electron chi connectivity index (χ3n) is 4.16. The Bertz CT molecular complexity index is 1160. The van der Waals surface area contributed by atoms with Crippen molar-refractivity contribution >= 4 is 27.4 Å².